The number of H-pyrrole nitrogens is 1. The van der Waals surface area contributed by atoms with Crippen molar-refractivity contribution in [3.8, 4) is 0 Å². The number of nitrogens with zero attached hydrogens (tertiary/aromatic N) is 3. The zero-order valence-electron chi connectivity index (χ0n) is 30.8. The predicted molar refractivity (Wildman–Crippen MR) is 203 cm³/mol. The van der Waals surface area contributed by atoms with E-state index < -0.39 is 60.5 Å². The normalized spacial score (nSPS) is 17.6. The van der Waals surface area contributed by atoms with Gasteiger partial charge in [-0.15, -0.1) is 0 Å². The summed E-state index contributed by atoms with van der Waals surface area (Å²) >= 11 is 0. The molecule has 2 N–H and O–H groups in total. The lowest BCUT2D eigenvalue weighted by Crippen LogP contribution is -2.41. The quantitative estimate of drug-likeness (QED) is 0.127. The van der Waals surface area contributed by atoms with Gasteiger partial charge in [-0.1, -0.05) is 70.8 Å². The average Bonchev–Trinajstić information content (AvgIpc) is 3.76. The number of nitrogens with one attached hydrogen (secondary N) is 2. The standard InChI is InChI=1S/C42H37N5O9/c1-23-5-13-27(14-6-23)36(48)45-42-44-35-32(37(49)46-42)47(22-43-35)38-34(56-41(52)30-19-11-26(4)12-20-30)33(55-40(51)29-17-9-25(3)10-18-29)31(54-38)21-53-39(50)28-15-7-24(2)8-16-28/h5-20,22,31,33-34,38H,21H2,1-4H3,(H2,44,45,46,48,49)/t31-,33-,34-,38-/m1/s1. The molecule has 1 fully saturated rings. The van der Waals surface area contributed by atoms with Gasteiger partial charge in [0.1, 0.15) is 19.0 Å². The van der Waals surface area contributed by atoms with Crippen LogP contribution in [0.4, 0.5) is 5.95 Å². The van der Waals surface area contributed by atoms with Crippen molar-refractivity contribution in [2.24, 2.45) is 0 Å². The molecule has 1 amide bonds. The van der Waals surface area contributed by atoms with E-state index in [1.54, 1.807) is 97.1 Å². The van der Waals surface area contributed by atoms with E-state index in [0.717, 1.165) is 22.3 Å². The van der Waals surface area contributed by atoms with Crippen LogP contribution in [0.25, 0.3) is 11.2 Å². The van der Waals surface area contributed by atoms with E-state index in [1.165, 1.54) is 10.9 Å². The van der Waals surface area contributed by atoms with Gasteiger partial charge in [0.25, 0.3) is 11.5 Å². The summed E-state index contributed by atoms with van der Waals surface area (Å²) in [4.78, 5) is 78.4. The molecule has 4 aromatic carbocycles. The molecule has 2 aromatic heterocycles. The number of aromatic amines is 1. The number of imidazole rings is 1. The van der Waals surface area contributed by atoms with Crippen LogP contribution in [0.3, 0.4) is 0 Å². The molecule has 0 aliphatic carbocycles. The number of hydrogen-bond donors (Lipinski definition) is 2. The van der Waals surface area contributed by atoms with Crippen molar-refractivity contribution in [3.63, 3.8) is 0 Å². The number of ether oxygens (including phenoxy) is 4. The first-order valence-corrected chi connectivity index (χ1v) is 17.7. The minimum absolute atomic E-state index is 0.0670. The minimum atomic E-state index is -1.40. The molecule has 56 heavy (non-hydrogen) atoms. The molecule has 284 valence electrons. The first-order chi connectivity index (χ1) is 26.9. The fourth-order valence-electron chi connectivity index (χ4n) is 6.12. The zero-order chi connectivity index (χ0) is 39.5. The highest BCUT2D eigenvalue weighted by atomic mass is 16.7. The van der Waals surface area contributed by atoms with E-state index in [1.807, 2.05) is 27.7 Å². The summed E-state index contributed by atoms with van der Waals surface area (Å²) in [5.74, 6) is -2.85. The average molecular weight is 756 g/mol. The number of benzene rings is 4. The van der Waals surface area contributed by atoms with Crippen molar-refractivity contribution >= 4 is 40.9 Å². The number of amides is 1. The van der Waals surface area contributed by atoms with E-state index in [2.05, 4.69) is 20.3 Å². The Balaban J connectivity index is 1.25. The monoisotopic (exact) mass is 755 g/mol. The topological polar surface area (TPSA) is 181 Å². The van der Waals surface area contributed by atoms with Crippen LogP contribution in [0, 0.1) is 27.7 Å². The summed E-state index contributed by atoms with van der Waals surface area (Å²) in [7, 11) is 0. The Hall–Kier alpha value is -6.93. The van der Waals surface area contributed by atoms with Crippen LogP contribution < -0.4 is 10.9 Å². The molecule has 0 spiro atoms. The molecule has 14 heteroatoms. The van der Waals surface area contributed by atoms with Crippen molar-refractivity contribution < 1.29 is 38.1 Å². The predicted octanol–water partition coefficient (Wildman–Crippen LogP) is 5.81. The van der Waals surface area contributed by atoms with Gasteiger partial charge in [0.2, 0.25) is 5.95 Å². The van der Waals surface area contributed by atoms with Gasteiger partial charge in [0.15, 0.2) is 29.6 Å². The molecular formula is C42H37N5O9. The SMILES string of the molecule is Cc1ccc(C(=O)Nc2nc3ncn([C@@H]4O[C@H](COC(=O)c5ccc(C)cc5)[C@@H](OC(=O)c5ccc(C)cc5)[C@H]4OC(=O)c4ccc(C)cc4)c3c(=O)[nH]2)cc1. The molecule has 7 rings (SSSR count). The molecule has 1 aliphatic rings. The summed E-state index contributed by atoms with van der Waals surface area (Å²) in [5, 5.41) is 2.58. The highest BCUT2D eigenvalue weighted by Crippen LogP contribution is 2.36. The number of aromatic nitrogens is 4. The number of fused-ring (bicyclic) bond motifs is 1. The van der Waals surface area contributed by atoms with E-state index in [0.29, 0.717) is 5.56 Å². The number of hydrogen-bond acceptors (Lipinski definition) is 11. The molecule has 14 nitrogen and oxygen atoms in total. The maximum Gasteiger partial charge on any atom is 0.338 e. The number of carbonyl (C=O) groups excluding carboxylic acids is 4. The molecule has 0 saturated carbocycles. The van der Waals surface area contributed by atoms with Gasteiger partial charge >= 0.3 is 17.9 Å². The number of esters is 3. The van der Waals surface area contributed by atoms with Crippen LogP contribution in [0.5, 0.6) is 0 Å². The Kier molecular flexibility index (Phi) is 10.6. The highest BCUT2D eigenvalue weighted by Gasteiger charge is 2.52. The van der Waals surface area contributed by atoms with Gasteiger partial charge in [-0.3, -0.25) is 24.5 Å². The van der Waals surface area contributed by atoms with Crippen molar-refractivity contribution in [1.29, 1.82) is 0 Å². The molecule has 0 radical (unpaired) electrons. The van der Waals surface area contributed by atoms with Crippen molar-refractivity contribution in [2.75, 3.05) is 11.9 Å². The zero-order valence-corrected chi connectivity index (χ0v) is 30.8. The van der Waals surface area contributed by atoms with Crippen LogP contribution in [0.15, 0.2) is 108 Å². The van der Waals surface area contributed by atoms with Gasteiger partial charge in [-0.25, -0.2) is 19.4 Å². The first-order valence-electron chi connectivity index (χ1n) is 17.7. The van der Waals surface area contributed by atoms with E-state index >= 15 is 0 Å². The smallest absolute Gasteiger partial charge is 0.338 e. The van der Waals surface area contributed by atoms with Crippen LogP contribution in [0.1, 0.15) is 69.9 Å². The van der Waals surface area contributed by atoms with Crippen LogP contribution in [-0.4, -0.2) is 68.3 Å². The molecule has 3 heterocycles. The molecule has 0 bridgehead atoms. The lowest BCUT2D eigenvalue weighted by molar-refractivity contribution is -0.0605. The number of aryl methyl sites for hydroxylation is 4. The summed E-state index contributed by atoms with van der Waals surface area (Å²) < 4.78 is 25.5. The summed E-state index contributed by atoms with van der Waals surface area (Å²) in [6.45, 7) is 7.09. The number of anilines is 1. The Morgan fingerprint density at radius 3 is 1.66 bits per heavy atom. The fraction of sp³-hybridized carbons (Fsp3) is 0.214. The van der Waals surface area contributed by atoms with Gasteiger partial charge in [-0.2, -0.15) is 4.98 Å². The van der Waals surface area contributed by atoms with E-state index in [9.17, 15) is 24.0 Å². The van der Waals surface area contributed by atoms with Gasteiger partial charge in [0, 0.05) is 5.56 Å². The van der Waals surface area contributed by atoms with Crippen molar-refractivity contribution in [2.45, 2.75) is 52.2 Å². The fourth-order valence-corrected chi connectivity index (χ4v) is 6.12. The maximum atomic E-state index is 13.7. The third-order valence-corrected chi connectivity index (χ3v) is 9.27. The third-order valence-electron chi connectivity index (χ3n) is 9.27. The molecular weight excluding hydrogens is 718 g/mol. The third kappa shape index (κ3) is 8.10. The summed E-state index contributed by atoms with van der Waals surface area (Å²) in [5.41, 5.74) is 3.92. The minimum Gasteiger partial charge on any atom is -0.459 e. The summed E-state index contributed by atoms with van der Waals surface area (Å²) in [6.07, 6.45) is -4.04. The second kappa shape index (κ2) is 15.8. The van der Waals surface area contributed by atoms with Crippen LogP contribution in [-0.2, 0) is 18.9 Å². The van der Waals surface area contributed by atoms with E-state index in [-0.39, 0.29) is 33.8 Å². The lowest BCUT2D eigenvalue weighted by atomic mass is 10.1. The Labute approximate surface area is 320 Å². The van der Waals surface area contributed by atoms with Gasteiger partial charge in [-0.05, 0) is 76.2 Å². The van der Waals surface area contributed by atoms with Gasteiger partial charge in [0.05, 0.1) is 16.7 Å². The second-order valence-electron chi connectivity index (χ2n) is 13.6. The lowest BCUT2D eigenvalue weighted by Gasteiger charge is -2.25. The molecule has 0 unspecified atom stereocenters. The molecule has 1 aliphatic heterocycles. The van der Waals surface area contributed by atoms with Gasteiger partial charge < -0.3 is 18.9 Å². The second-order valence-corrected chi connectivity index (χ2v) is 13.6. The molecule has 6 aromatic rings. The Bertz CT molecular complexity index is 2480. The van der Waals surface area contributed by atoms with Crippen LogP contribution in [0.2, 0.25) is 0 Å². The summed E-state index contributed by atoms with van der Waals surface area (Å²) in [6, 6.07) is 26.9. The number of carbonyl (C=O) groups is 4. The Morgan fingerprint density at radius 1 is 0.679 bits per heavy atom. The van der Waals surface area contributed by atoms with Crippen molar-refractivity contribution in [3.05, 3.63) is 158 Å². The highest BCUT2D eigenvalue weighted by molar-refractivity contribution is 6.03. The molecule has 4 atom stereocenters. The van der Waals surface area contributed by atoms with E-state index in [4.69, 9.17) is 18.9 Å². The maximum absolute atomic E-state index is 13.7. The molecule has 1 saturated heterocycles. The Morgan fingerprint density at radius 2 is 1.14 bits per heavy atom. The first kappa shape index (κ1) is 37.4. The van der Waals surface area contributed by atoms with Crippen LogP contribution >= 0.6 is 0 Å². The van der Waals surface area contributed by atoms with Crippen molar-refractivity contribution in [1.82, 2.24) is 19.5 Å². The largest absolute Gasteiger partial charge is 0.459 e. The number of rotatable bonds is 10.